The summed E-state index contributed by atoms with van der Waals surface area (Å²) >= 11 is 0. The fraction of sp³-hybridized carbons (Fsp3) is 0.364. The number of benzene rings is 1. The fourth-order valence-corrected chi connectivity index (χ4v) is 1.63. The normalized spacial score (nSPS) is 19.0. The molecule has 0 radical (unpaired) electrons. The van der Waals surface area contributed by atoms with E-state index in [-0.39, 0.29) is 11.7 Å². The van der Waals surface area contributed by atoms with Gasteiger partial charge in [-0.3, -0.25) is 0 Å². The van der Waals surface area contributed by atoms with Crippen molar-refractivity contribution in [1.29, 1.82) is 0 Å². The lowest BCUT2D eigenvalue weighted by atomic mass is 10.2. The summed E-state index contributed by atoms with van der Waals surface area (Å²) in [5.41, 5.74) is 5.97. The molecule has 1 fully saturated rings. The Labute approximate surface area is 98.1 Å². The molecule has 1 atom stereocenters. The van der Waals surface area contributed by atoms with Gasteiger partial charge in [0.25, 0.3) is 0 Å². The molecule has 0 spiro atoms. The van der Waals surface area contributed by atoms with Gasteiger partial charge in [-0.2, -0.15) is 0 Å². The summed E-state index contributed by atoms with van der Waals surface area (Å²) in [6.45, 7) is 1.13. The molecule has 1 saturated heterocycles. The molecular weight excluding hydrogens is 225 g/mol. The third-order valence-corrected chi connectivity index (χ3v) is 2.50. The lowest BCUT2D eigenvalue weighted by Crippen LogP contribution is -2.38. The Balaban J connectivity index is 1.95. The summed E-state index contributed by atoms with van der Waals surface area (Å²) in [6, 6.07) is 3.55. The Morgan fingerprint density at radius 1 is 1.53 bits per heavy atom. The van der Waals surface area contributed by atoms with Crippen LogP contribution in [-0.4, -0.2) is 25.3 Å². The summed E-state index contributed by atoms with van der Waals surface area (Å²) in [4.78, 5) is 11.5. The van der Waals surface area contributed by atoms with E-state index in [1.165, 1.54) is 18.2 Å². The van der Waals surface area contributed by atoms with Crippen molar-refractivity contribution in [1.82, 2.24) is 5.32 Å². The van der Waals surface area contributed by atoms with Crippen LogP contribution in [0.15, 0.2) is 18.2 Å². The van der Waals surface area contributed by atoms with Crippen molar-refractivity contribution in [3.63, 3.8) is 0 Å². The minimum atomic E-state index is -0.517. The van der Waals surface area contributed by atoms with Gasteiger partial charge in [0.05, 0.1) is 18.3 Å². The minimum absolute atomic E-state index is 0.0147. The van der Waals surface area contributed by atoms with Gasteiger partial charge in [0, 0.05) is 12.3 Å². The predicted molar refractivity (Wildman–Crippen MR) is 62.2 cm³/mol. The topological polar surface area (TPSA) is 76.4 Å². The number of anilines is 2. The third-order valence-electron chi connectivity index (χ3n) is 2.50. The van der Waals surface area contributed by atoms with Crippen molar-refractivity contribution in [2.45, 2.75) is 12.5 Å². The Bertz CT molecular complexity index is 419. The van der Waals surface area contributed by atoms with Crippen LogP contribution < -0.4 is 16.4 Å². The van der Waals surface area contributed by atoms with Crippen LogP contribution in [0.5, 0.6) is 0 Å². The zero-order valence-electron chi connectivity index (χ0n) is 9.20. The first-order valence-electron chi connectivity index (χ1n) is 5.35. The van der Waals surface area contributed by atoms with Gasteiger partial charge in [-0.05, 0) is 24.6 Å². The second kappa shape index (κ2) is 5.01. The molecule has 0 saturated carbocycles. The lowest BCUT2D eigenvalue weighted by Gasteiger charge is -2.12. The minimum Gasteiger partial charge on any atom is -0.399 e. The number of carbonyl (C=O) groups excluding carboxylic acids is 1. The lowest BCUT2D eigenvalue weighted by molar-refractivity contribution is 0.189. The van der Waals surface area contributed by atoms with E-state index in [1.54, 1.807) is 0 Å². The zero-order valence-corrected chi connectivity index (χ0v) is 9.20. The smallest absolute Gasteiger partial charge is 0.319 e. The highest BCUT2D eigenvalue weighted by molar-refractivity contribution is 5.90. The van der Waals surface area contributed by atoms with Crippen molar-refractivity contribution in [2.75, 3.05) is 24.3 Å². The highest BCUT2D eigenvalue weighted by Crippen LogP contribution is 2.17. The van der Waals surface area contributed by atoms with Crippen LogP contribution in [0.2, 0.25) is 0 Å². The average Bonchev–Trinajstić information content (AvgIpc) is 2.76. The first-order valence-corrected chi connectivity index (χ1v) is 5.35. The number of carbonyl (C=O) groups is 1. The van der Waals surface area contributed by atoms with Crippen LogP contribution in [0.3, 0.4) is 0 Å². The standard InChI is InChI=1S/C11H14FN3O2/c12-9-2-1-7(13)5-10(9)15-11(16)14-8-3-4-17-6-8/h1-2,5,8H,3-4,6,13H2,(H2,14,15,16). The predicted octanol–water partition coefficient (Wildman–Crippen LogP) is 1.32. The number of nitrogen functional groups attached to an aromatic ring is 1. The van der Waals surface area contributed by atoms with E-state index in [4.69, 9.17) is 10.5 Å². The quantitative estimate of drug-likeness (QED) is 0.681. The van der Waals surface area contributed by atoms with Gasteiger partial charge in [0.2, 0.25) is 0 Å². The van der Waals surface area contributed by atoms with Crippen molar-refractivity contribution in [3.05, 3.63) is 24.0 Å². The zero-order chi connectivity index (χ0) is 12.3. The van der Waals surface area contributed by atoms with Crippen LogP contribution in [0, 0.1) is 5.82 Å². The molecule has 1 aliphatic rings. The number of halogens is 1. The van der Waals surface area contributed by atoms with E-state index < -0.39 is 11.8 Å². The first-order chi connectivity index (χ1) is 8.15. The second-order valence-electron chi connectivity index (χ2n) is 3.90. The van der Waals surface area contributed by atoms with Crippen LogP contribution in [0.25, 0.3) is 0 Å². The molecule has 1 aromatic rings. The van der Waals surface area contributed by atoms with Gasteiger partial charge in [-0.1, -0.05) is 0 Å². The maximum absolute atomic E-state index is 13.3. The van der Waals surface area contributed by atoms with E-state index in [9.17, 15) is 9.18 Å². The molecule has 1 unspecified atom stereocenters. The molecular formula is C11H14FN3O2. The molecule has 0 bridgehead atoms. The van der Waals surface area contributed by atoms with Crippen molar-refractivity contribution in [2.24, 2.45) is 0 Å². The summed E-state index contributed by atoms with van der Waals surface area (Å²) < 4.78 is 18.4. The Morgan fingerprint density at radius 3 is 3.06 bits per heavy atom. The molecule has 92 valence electrons. The van der Waals surface area contributed by atoms with Gasteiger partial charge in [0.15, 0.2) is 0 Å². The summed E-state index contributed by atoms with van der Waals surface area (Å²) in [7, 11) is 0. The number of amides is 2. The van der Waals surface area contributed by atoms with Crippen molar-refractivity contribution < 1.29 is 13.9 Å². The van der Waals surface area contributed by atoms with Crippen molar-refractivity contribution in [3.8, 4) is 0 Å². The van der Waals surface area contributed by atoms with Gasteiger partial charge < -0.3 is 21.1 Å². The molecule has 0 aliphatic carbocycles. The number of nitrogens with one attached hydrogen (secondary N) is 2. The van der Waals surface area contributed by atoms with Gasteiger partial charge in [-0.15, -0.1) is 0 Å². The molecule has 17 heavy (non-hydrogen) atoms. The number of rotatable bonds is 2. The van der Waals surface area contributed by atoms with Crippen LogP contribution in [0.1, 0.15) is 6.42 Å². The largest absolute Gasteiger partial charge is 0.399 e. The molecule has 5 nitrogen and oxygen atoms in total. The molecule has 2 rings (SSSR count). The van der Waals surface area contributed by atoms with E-state index in [0.717, 1.165) is 6.42 Å². The Kier molecular flexibility index (Phi) is 3.43. The van der Waals surface area contributed by atoms with E-state index in [2.05, 4.69) is 10.6 Å². The second-order valence-corrected chi connectivity index (χ2v) is 3.90. The molecule has 1 aliphatic heterocycles. The monoisotopic (exact) mass is 239 g/mol. The maximum atomic E-state index is 13.3. The fourth-order valence-electron chi connectivity index (χ4n) is 1.63. The summed E-state index contributed by atoms with van der Waals surface area (Å²) in [6.07, 6.45) is 0.771. The first kappa shape index (κ1) is 11.7. The highest BCUT2D eigenvalue weighted by Gasteiger charge is 2.18. The SMILES string of the molecule is Nc1ccc(F)c(NC(=O)NC2CCOC2)c1. The Morgan fingerprint density at radius 2 is 2.35 bits per heavy atom. The highest BCUT2D eigenvalue weighted by atomic mass is 19.1. The van der Waals surface area contributed by atoms with E-state index in [1.807, 2.05) is 0 Å². The number of urea groups is 1. The molecule has 6 heteroatoms. The van der Waals surface area contributed by atoms with E-state index in [0.29, 0.717) is 18.9 Å². The van der Waals surface area contributed by atoms with Gasteiger partial charge in [-0.25, -0.2) is 9.18 Å². The molecule has 4 N–H and O–H groups in total. The molecule has 2 amide bonds. The Hall–Kier alpha value is -1.82. The van der Waals surface area contributed by atoms with Crippen LogP contribution in [-0.2, 0) is 4.74 Å². The summed E-state index contributed by atoms with van der Waals surface area (Å²) in [5.74, 6) is -0.517. The third kappa shape index (κ3) is 3.07. The average molecular weight is 239 g/mol. The van der Waals surface area contributed by atoms with Crippen LogP contribution >= 0.6 is 0 Å². The molecule has 0 aromatic heterocycles. The van der Waals surface area contributed by atoms with Gasteiger partial charge in [0.1, 0.15) is 5.82 Å². The number of nitrogens with two attached hydrogens (primary N) is 1. The number of hydrogen-bond donors (Lipinski definition) is 3. The molecule has 1 aromatic carbocycles. The number of hydrogen-bond acceptors (Lipinski definition) is 3. The van der Waals surface area contributed by atoms with Gasteiger partial charge >= 0.3 is 6.03 Å². The molecule has 1 heterocycles. The van der Waals surface area contributed by atoms with Crippen LogP contribution in [0.4, 0.5) is 20.6 Å². The number of ether oxygens (including phenoxy) is 1. The maximum Gasteiger partial charge on any atom is 0.319 e. The van der Waals surface area contributed by atoms with Crippen molar-refractivity contribution >= 4 is 17.4 Å². The summed E-state index contributed by atoms with van der Waals surface area (Å²) in [5, 5.41) is 5.11. The van der Waals surface area contributed by atoms with E-state index >= 15 is 0 Å².